The van der Waals surface area contributed by atoms with E-state index in [0.717, 1.165) is 13.1 Å². The SMILES string of the molecule is CCNCc1ccc(-c2ccc(C)s2)c(C)c1. The molecule has 0 atom stereocenters. The molecule has 17 heavy (non-hydrogen) atoms. The summed E-state index contributed by atoms with van der Waals surface area (Å²) in [7, 11) is 0. The summed E-state index contributed by atoms with van der Waals surface area (Å²) in [5.74, 6) is 0. The Kier molecular flexibility index (Phi) is 3.97. The zero-order valence-electron chi connectivity index (χ0n) is 10.7. The number of nitrogens with one attached hydrogen (secondary N) is 1. The van der Waals surface area contributed by atoms with Gasteiger partial charge in [-0.3, -0.25) is 0 Å². The molecule has 0 saturated carbocycles. The number of rotatable bonds is 4. The third kappa shape index (κ3) is 2.96. The summed E-state index contributed by atoms with van der Waals surface area (Å²) >= 11 is 1.86. The van der Waals surface area contributed by atoms with Crippen LogP contribution in [0.25, 0.3) is 10.4 Å². The van der Waals surface area contributed by atoms with E-state index < -0.39 is 0 Å². The highest BCUT2D eigenvalue weighted by Gasteiger charge is 2.04. The minimum atomic E-state index is 0.959. The van der Waals surface area contributed by atoms with Crippen LogP contribution >= 0.6 is 11.3 Å². The lowest BCUT2D eigenvalue weighted by Gasteiger charge is -2.07. The topological polar surface area (TPSA) is 12.0 Å². The third-order valence-electron chi connectivity index (χ3n) is 2.88. The largest absolute Gasteiger partial charge is 0.313 e. The first-order chi connectivity index (χ1) is 8.20. The van der Waals surface area contributed by atoms with Gasteiger partial charge in [0.15, 0.2) is 0 Å². The highest BCUT2D eigenvalue weighted by Crippen LogP contribution is 2.30. The van der Waals surface area contributed by atoms with Crippen molar-refractivity contribution in [3.8, 4) is 10.4 Å². The Labute approximate surface area is 108 Å². The van der Waals surface area contributed by atoms with Crippen molar-refractivity contribution in [2.45, 2.75) is 27.3 Å². The zero-order chi connectivity index (χ0) is 12.3. The summed E-state index contributed by atoms with van der Waals surface area (Å²) in [6.45, 7) is 8.46. The molecule has 0 aliphatic rings. The van der Waals surface area contributed by atoms with Crippen LogP contribution in [0.15, 0.2) is 30.3 Å². The van der Waals surface area contributed by atoms with Gasteiger partial charge in [-0.2, -0.15) is 0 Å². The summed E-state index contributed by atoms with van der Waals surface area (Å²) in [6.07, 6.45) is 0. The molecule has 0 radical (unpaired) electrons. The molecular weight excluding hydrogens is 226 g/mol. The summed E-state index contributed by atoms with van der Waals surface area (Å²) in [5, 5.41) is 3.36. The van der Waals surface area contributed by atoms with Crippen LogP contribution in [0, 0.1) is 13.8 Å². The molecule has 0 spiro atoms. The summed E-state index contributed by atoms with van der Waals surface area (Å²) in [6, 6.07) is 11.2. The van der Waals surface area contributed by atoms with E-state index in [0.29, 0.717) is 0 Å². The molecule has 2 heteroatoms. The number of aryl methyl sites for hydroxylation is 2. The van der Waals surface area contributed by atoms with E-state index in [1.807, 2.05) is 11.3 Å². The normalized spacial score (nSPS) is 10.8. The summed E-state index contributed by atoms with van der Waals surface area (Å²) in [5.41, 5.74) is 4.09. The first-order valence-corrected chi connectivity index (χ1v) is 6.89. The lowest BCUT2D eigenvalue weighted by atomic mass is 10.0. The minimum absolute atomic E-state index is 0.959. The molecular formula is C15H19NS. The molecule has 1 N–H and O–H groups in total. The number of hydrogen-bond donors (Lipinski definition) is 1. The van der Waals surface area contributed by atoms with Crippen LogP contribution in [-0.4, -0.2) is 6.54 Å². The number of thiophene rings is 1. The molecule has 0 unspecified atom stereocenters. The molecule has 2 rings (SSSR count). The average molecular weight is 245 g/mol. The predicted molar refractivity (Wildman–Crippen MR) is 76.6 cm³/mol. The Bertz CT molecular complexity index is 499. The van der Waals surface area contributed by atoms with Crippen LogP contribution < -0.4 is 5.32 Å². The highest BCUT2D eigenvalue weighted by molar-refractivity contribution is 7.15. The van der Waals surface area contributed by atoms with Gasteiger partial charge in [0.25, 0.3) is 0 Å². The second kappa shape index (κ2) is 5.48. The lowest BCUT2D eigenvalue weighted by molar-refractivity contribution is 0.726. The van der Waals surface area contributed by atoms with E-state index in [9.17, 15) is 0 Å². The fraction of sp³-hybridized carbons (Fsp3) is 0.333. The van der Waals surface area contributed by atoms with E-state index >= 15 is 0 Å². The van der Waals surface area contributed by atoms with Crippen LogP contribution in [0.3, 0.4) is 0 Å². The maximum absolute atomic E-state index is 3.36. The molecule has 1 aromatic heterocycles. The van der Waals surface area contributed by atoms with Gasteiger partial charge < -0.3 is 5.32 Å². The fourth-order valence-corrected chi connectivity index (χ4v) is 2.92. The van der Waals surface area contributed by atoms with Crippen molar-refractivity contribution in [1.82, 2.24) is 5.32 Å². The van der Waals surface area contributed by atoms with Crippen molar-refractivity contribution in [1.29, 1.82) is 0 Å². The Hall–Kier alpha value is -1.12. The summed E-state index contributed by atoms with van der Waals surface area (Å²) < 4.78 is 0. The molecule has 0 bridgehead atoms. The number of benzene rings is 1. The minimum Gasteiger partial charge on any atom is -0.313 e. The van der Waals surface area contributed by atoms with Crippen molar-refractivity contribution in [3.63, 3.8) is 0 Å². The van der Waals surface area contributed by atoms with Crippen molar-refractivity contribution < 1.29 is 0 Å². The molecule has 1 heterocycles. The van der Waals surface area contributed by atoms with E-state index in [-0.39, 0.29) is 0 Å². The van der Waals surface area contributed by atoms with Gasteiger partial charge in [-0.05, 0) is 49.2 Å². The van der Waals surface area contributed by atoms with Gasteiger partial charge in [0.1, 0.15) is 0 Å². The molecule has 90 valence electrons. The van der Waals surface area contributed by atoms with Gasteiger partial charge in [-0.1, -0.05) is 25.1 Å². The number of hydrogen-bond acceptors (Lipinski definition) is 2. The van der Waals surface area contributed by atoms with Gasteiger partial charge in [0, 0.05) is 16.3 Å². The molecule has 2 aromatic rings. The Morgan fingerprint density at radius 3 is 2.53 bits per heavy atom. The molecule has 1 nitrogen and oxygen atoms in total. The standard InChI is InChI=1S/C15H19NS/c1-4-16-10-13-6-7-14(11(2)9-13)15-8-5-12(3)17-15/h5-9,16H,4,10H2,1-3H3. The Morgan fingerprint density at radius 2 is 1.94 bits per heavy atom. The quantitative estimate of drug-likeness (QED) is 0.853. The summed E-state index contributed by atoms with van der Waals surface area (Å²) in [4.78, 5) is 2.74. The maximum Gasteiger partial charge on any atom is 0.0348 e. The van der Waals surface area contributed by atoms with Crippen LogP contribution in [0.2, 0.25) is 0 Å². The average Bonchev–Trinajstić information content (AvgIpc) is 2.73. The molecule has 1 aromatic carbocycles. The van der Waals surface area contributed by atoms with Crippen LogP contribution in [-0.2, 0) is 6.54 Å². The highest BCUT2D eigenvalue weighted by atomic mass is 32.1. The van der Waals surface area contributed by atoms with Crippen LogP contribution in [0.1, 0.15) is 22.9 Å². The smallest absolute Gasteiger partial charge is 0.0348 e. The predicted octanol–water partition coefficient (Wildman–Crippen LogP) is 4.14. The zero-order valence-corrected chi connectivity index (χ0v) is 11.5. The van der Waals surface area contributed by atoms with E-state index in [1.165, 1.54) is 26.4 Å². The Morgan fingerprint density at radius 1 is 1.12 bits per heavy atom. The van der Waals surface area contributed by atoms with Gasteiger partial charge in [0.2, 0.25) is 0 Å². The van der Waals surface area contributed by atoms with Crippen molar-refractivity contribution in [3.05, 3.63) is 46.3 Å². The molecule has 0 aliphatic heterocycles. The monoisotopic (exact) mass is 245 g/mol. The molecule has 0 amide bonds. The van der Waals surface area contributed by atoms with Crippen molar-refractivity contribution in [2.75, 3.05) is 6.54 Å². The molecule has 0 aliphatic carbocycles. The van der Waals surface area contributed by atoms with Crippen molar-refractivity contribution >= 4 is 11.3 Å². The van der Waals surface area contributed by atoms with Crippen LogP contribution in [0.4, 0.5) is 0 Å². The van der Waals surface area contributed by atoms with Gasteiger partial charge in [-0.25, -0.2) is 0 Å². The van der Waals surface area contributed by atoms with E-state index in [2.05, 4.69) is 56.4 Å². The lowest BCUT2D eigenvalue weighted by Crippen LogP contribution is -2.11. The molecule has 0 saturated heterocycles. The Balaban J connectivity index is 2.25. The molecule has 0 fully saturated rings. The third-order valence-corrected chi connectivity index (χ3v) is 3.91. The van der Waals surface area contributed by atoms with Gasteiger partial charge in [0.05, 0.1) is 0 Å². The fourth-order valence-electron chi connectivity index (χ4n) is 1.96. The first kappa shape index (κ1) is 12.3. The second-order valence-electron chi connectivity index (χ2n) is 4.34. The van der Waals surface area contributed by atoms with Crippen LogP contribution in [0.5, 0.6) is 0 Å². The maximum atomic E-state index is 3.36. The van der Waals surface area contributed by atoms with Crippen molar-refractivity contribution in [2.24, 2.45) is 0 Å². The van der Waals surface area contributed by atoms with Gasteiger partial charge >= 0.3 is 0 Å². The van der Waals surface area contributed by atoms with Gasteiger partial charge in [-0.15, -0.1) is 11.3 Å². The van der Waals surface area contributed by atoms with E-state index in [1.54, 1.807) is 0 Å². The second-order valence-corrected chi connectivity index (χ2v) is 5.63. The van der Waals surface area contributed by atoms with E-state index in [4.69, 9.17) is 0 Å². The first-order valence-electron chi connectivity index (χ1n) is 6.07.